The predicted octanol–water partition coefficient (Wildman–Crippen LogP) is 3.72. The van der Waals surface area contributed by atoms with Gasteiger partial charge in [0.2, 0.25) is 0 Å². The maximum absolute atomic E-state index is 13.0. The highest BCUT2D eigenvalue weighted by molar-refractivity contribution is 7.16. The number of thiazole rings is 1. The molecule has 2 aromatic carbocycles. The Balaban J connectivity index is 1.27. The average Bonchev–Trinajstić information content (AvgIpc) is 3.32. The molecule has 156 valence electrons. The second-order valence-corrected chi connectivity index (χ2v) is 8.19. The van der Waals surface area contributed by atoms with Crippen molar-refractivity contribution >= 4 is 33.3 Å². The summed E-state index contributed by atoms with van der Waals surface area (Å²) in [5.41, 5.74) is 5.33. The van der Waals surface area contributed by atoms with Crippen molar-refractivity contribution in [1.82, 2.24) is 19.9 Å². The molecule has 1 amide bonds. The van der Waals surface area contributed by atoms with E-state index in [0.717, 1.165) is 46.1 Å². The van der Waals surface area contributed by atoms with Crippen molar-refractivity contribution in [2.45, 2.75) is 0 Å². The quantitative estimate of drug-likeness (QED) is 0.490. The summed E-state index contributed by atoms with van der Waals surface area (Å²) in [6, 6.07) is 15.5. The standard InChI is InChI=1S/C23H21N5O2S/c1-30-18-5-2-16(3-6-18)20-13-22(25-14-24-20)27-8-10-28(11-9-27)23(29)17-4-7-19-21(12-17)31-15-26-19/h2-7,12-15H,8-11H2,1H3. The summed E-state index contributed by atoms with van der Waals surface area (Å²) < 4.78 is 6.26. The van der Waals surface area contributed by atoms with E-state index < -0.39 is 0 Å². The molecule has 2 aromatic heterocycles. The molecule has 0 unspecified atom stereocenters. The topological polar surface area (TPSA) is 71.5 Å². The van der Waals surface area contributed by atoms with Gasteiger partial charge in [-0.3, -0.25) is 4.79 Å². The molecule has 0 saturated carbocycles. The fraction of sp³-hybridized carbons (Fsp3) is 0.217. The Kier molecular flexibility index (Phi) is 5.21. The molecule has 1 fully saturated rings. The van der Waals surface area contributed by atoms with Crippen LogP contribution in [-0.4, -0.2) is 59.0 Å². The summed E-state index contributed by atoms with van der Waals surface area (Å²) in [5, 5.41) is 0. The van der Waals surface area contributed by atoms with Crippen LogP contribution in [0.4, 0.5) is 5.82 Å². The Bertz CT molecular complexity index is 1220. The highest BCUT2D eigenvalue weighted by Gasteiger charge is 2.23. The first-order valence-corrected chi connectivity index (χ1v) is 10.9. The van der Waals surface area contributed by atoms with Crippen molar-refractivity contribution in [1.29, 1.82) is 0 Å². The van der Waals surface area contributed by atoms with Gasteiger partial charge in [-0.05, 0) is 42.5 Å². The molecular formula is C23H21N5O2S. The second-order valence-electron chi connectivity index (χ2n) is 7.30. The minimum absolute atomic E-state index is 0.0663. The van der Waals surface area contributed by atoms with Gasteiger partial charge in [0.25, 0.3) is 5.91 Å². The van der Waals surface area contributed by atoms with E-state index in [4.69, 9.17) is 4.74 Å². The van der Waals surface area contributed by atoms with E-state index >= 15 is 0 Å². The summed E-state index contributed by atoms with van der Waals surface area (Å²) in [4.78, 5) is 30.2. The van der Waals surface area contributed by atoms with Gasteiger partial charge in [0.05, 0.1) is 28.5 Å². The number of nitrogens with zero attached hydrogens (tertiary/aromatic N) is 5. The zero-order valence-electron chi connectivity index (χ0n) is 17.1. The number of hydrogen-bond donors (Lipinski definition) is 0. The molecule has 0 radical (unpaired) electrons. The van der Waals surface area contributed by atoms with Crippen molar-refractivity contribution in [2.24, 2.45) is 0 Å². The van der Waals surface area contributed by atoms with E-state index in [9.17, 15) is 4.79 Å². The molecular weight excluding hydrogens is 410 g/mol. The fourth-order valence-electron chi connectivity index (χ4n) is 3.75. The lowest BCUT2D eigenvalue weighted by atomic mass is 10.1. The summed E-state index contributed by atoms with van der Waals surface area (Å²) in [6.07, 6.45) is 1.59. The van der Waals surface area contributed by atoms with Crippen LogP contribution in [0.3, 0.4) is 0 Å². The summed E-state index contributed by atoms with van der Waals surface area (Å²) in [6.45, 7) is 2.77. The summed E-state index contributed by atoms with van der Waals surface area (Å²) >= 11 is 1.55. The van der Waals surface area contributed by atoms with Gasteiger partial charge in [0, 0.05) is 43.4 Å². The number of carbonyl (C=O) groups is 1. The monoisotopic (exact) mass is 431 g/mol. The minimum atomic E-state index is 0.0663. The van der Waals surface area contributed by atoms with E-state index in [0.29, 0.717) is 18.7 Å². The van der Waals surface area contributed by atoms with E-state index in [1.54, 1.807) is 30.3 Å². The Morgan fingerprint density at radius 3 is 2.55 bits per heavy atom. The number of anilines is 1. The number of piperazine rings is 1. The van der Waals surface area contributed by atoms with Crippen LogP contribution in [0, 0.1) is 0 Å². The molecule has 0 aliphatic carbocycles. The molecule has 0 N–H and O–H groups in total. The van der Waals surface area contributed by atoms with Gasteiger partial charge in [-0.2, -0.15) is 0 Å². The number of methoxy groups -OCH3 is 1. The Hall–Kier alpha value is -3.52. The molecule has 1 aliphatic rings. The second kappa shape index (κ2) is 8.31. The third-order valence-electron chi connectivity index (χ3n) is 5.51. The largest absolute Gasteiger partial charge is 0.497 e. The van der Waals surface area contributed by atoms with Gasteiger partial charge in [-0.1, -0.05) is 0 Å². The molecule has 4 aromatic rings. The molecule has 31 heavy (non-hydrogen) atoms. The molecule has 3 heterocycles. The molecule has 7 nitrogen and oxygen atoms in total. The van der Waals surface area contributed by atoms with E-state index in [-0.39, 0.29) is 5.91 Å². The van der Waals surface area contributed by atoms with Crippen LogP contribution >= 0.6 is 11.3 Å². The van der Waals surface area contributed by atoms with Crippen LogP contribution in [0.2, 0.25) is 0 Å². The SMILES string of the molecule is COc1ccc(-c2cc(N3CCN(C(=O)c4ccc5ncsc5c4)CC3)ncn2)cc1. The zero-order chi connectivity index (χ0) is 21.2. The van der Waals surface area contributed by atoms with Crippen LogP contribution in [-0.2, 0) is 0 Å². The van der Waals surface area contributed by atoms with Crippen LogP contribution < -0.4 is 9.64 Å². The van der Waals surface area contributed by atoms with Gasteiger partial charge in [0.15, 0.2) is 0 Å². The summed E-state index contributed by atoms with van der Waals surface area (Å²) in [5.74, 6) is 1.75. The highest BCUT2D eigenvalue weighted by Crippen LogP contribution is 2.24. The highest BCUT2D eigenvalue weighted by atomic mass is 32.1. The van der Waals surface area contributed by atoms with Gasteiger partial charge < -0.3 is 14.5 Å². The normalized spacial score (nSPS) is 14.1. The molecule has 0 spiro atoms. The van der Waals surface area contributed by atoms with Crippen LogP contribution in [0.1, 0.15) is 10.4 Å². The van der Waals surface area contributed by atoms with Crippen molar-refractivity contribution in [3.05, 3.63) is 65.9 Å². The van der Waals surface area contributed by atoms with E-state index in [1.165, 1.54) is 0 Å². The third-order valence-corrected chi connectivity index (χ3v) is 6.30. The number of amides is 1. The Morgan fingerprint density at radius 2 is 1.77 bits per heavy atom. The smallest absolute Gasteiger partial charge is 0.254 e. The molecule has 1 saturated heterocycles. The lowest BCUT2D eigenvalue weighted by Crippen LogP contribution is -2.49. The number of ether oxygens (including phenoxy) is 1. The van der Waals surface area contributed by atoms with Gasteiger partial charge in [-0.25, -0.2) is 15.0 Å². The number of benzene rings is 2. The Labute approximate surface area is 184 Å². The minimum Gasteiger partial charge on any atom is -0.497 e. The van der Waals surface area contributed by atoms with Crippen molar-refractivity contribution in [3.8, 4) is 17.0 Å². The van der Waals surface area contributed by atoms with Crippen LogP contribution in [0.25, 0.3) is 21.5 Å². The molecule has 0 atom stereocenters. The van der Waals surface area contributed by atoms with E-state index in [2.05, 4.69) is 19.9 Å². The fourth-order valence-corrected chi connectivity index (χ4v) is 4.47. The maximum Gasteiger partial charge on any atom is 0.254 e. The zero-order valence-corrected chi connectivity index (χ0v) is 17.9. The number of carbonyl (C=O) groups excluding carboxylic acids is 1. The number of rotatable bonds is 4. The van der Waals surface area contributed by atoms with Gasteiger partial charge in [0.1, 0.15) is 17.9 Å². The lowest BCUT2D eigenvalue weighted by molar-refractivity contribution is 0.0746. The third kappa shape index (κ3) is 3.94. The number of fused-ring (bicyclic) bond motifs is 1. The first-order valence-electron chi connectivity index (χ1n) is 10.1. The summed E-state index contributed by atoms with van der Waals surface area (Å²) in [7, 11) is 1.65. The molecule has 0 bridgehead atoms. The first kappa shape index (κ1) is 19.4. The van der Waals surface area contributed by atoms with Crippen LogP contribution in [0.5, 0.6) is 5.75 Å². The molecule has 8 heteroatoms. The average molecular weight is 432 g/mol. The predicted molar refractivity (Wildman–Crippen MR) is 122 cm³/mol. The number of aromatic nitrogens is 3. The van der Waals surface area contributed by atoms with Crippen molar-refractivity contribution in [2.75, 3.05) is 38.2 Å². The van der Waals surface area contributed by atoms with Crippen LogP contribution in [0.15, 0.2) is 60.4 Å². The van der Waals surface area contributed by atoms with Crippen molar-refractivity contribution < 1.29 is 9.53 Å². The molecule has 1 aliphatic heterocycles. The first-order chi connectivity index (χ1) is 15.2. The lowest BCUT2D eigenvalue weighted by Gasteiger charge is -2.35. The Morgan fingerprint density at radius 1 is 0.968 bits per heavy atom. The van der Waals surface area contributed by atoms with Gasteiger partial charge in [-0.15, -0.1) is 11.3 Å². The maximum atomic E-state index is 13.0. The van der Waals surface area contributed by atoms with Crippen molar-refractivity contribution in [3.63, 3.8) is 0 Å². The number of hydrogen-bond acceptors (Lipinski definition) is 7. The molecule has 5 rings (SSSR count). The van der Waals surface area contributed by atoms with Gasteiger partial charge >= 0.3 is 0 Å². The van der Waals surface area contributed by atoms with E-state index in [1.807, 2.05) is 53.4 Å².